The summed E-state index contributed by atoms with van der Waals surface area (Å²) in [5.41, 5.74) is 0.483. The second kappa shape index (κ2) is 4.97. The molecule has 1 saturated heterocycles. The molecule has 1 N–H and O–H groups in total. The average Bonchev–Trinajstić information content (AvgIpc) is 2.16. The van der Waals surface area contributed by atoms with Crippen LogP contribution in [0.2, 0.25) is 0 Å². The lowest BCUT2D eigenvalue weighted by Crippen LogP contribution is -2.57. The zero-order valence-corrected chi connectivity index (χ0v) is 10.1. The molecule has 1 aliphatic rings. The van der Waals surface area contributed by atoms with Crippen molar-refractivity contribution in [2.45, 2.75) is 40.0 Å². The van der Waals surface area contributed by atoms with Gasteiger partial charge < -0.3 is 10.0 Å². The molecule has 88 valence electrons. The number of hydrogen-bond acceptors (Lipinski definition) is 2. The van der Waals surface area contributed by atoms with Crippen LogP contribution >= 0.6 is 0 Å². The molecule has 0 radical (unpaired) electrons. The van der Waals surface area contributed by atoms with Gasteiger partial charge in [0, 0.05) is 19.6 Å². The summed E-state index contributed by atoms with van der Waals surface area (Å²) in [5, 5.41) is 8.96. The fourth-order valence-electron chi connectivity index (χ4n) is 2.42. The minimum absolute atomic E-state index is 0.184. The lowest BCUT2D eigenvalue weighted by molar-refractivity contribution is -0.144. The number of hydrogen-bond donors (Lipinski definition) is 1. The molecular formula is C12H23NO2. The summed E-state index contributed by atoms with van der Waals surface area (Å²) in [4.78, 5) is 13.2. The Kier molecular flexibility index (Phi) is 4.14. The number of aliphatic carboxylic acids is 1. The quantitative estimate of drug-likeness (QED) is 0.735. The van der Waals surface area contributed by atoms with E-state index < -0.39 is 5.97 Å². The van der Waals surface area contributed by atoms with Crippen LogP contribution in [0.5, 0.6) is 0 Å². The van der Waals surface area contributed by atoms with Gasteiger partial charge in [-0.3, -0.25) is 4.79 Å². The highest BCUT2D eigenvalue weighted by atomic mass is 16.4. The lowest BCUT2D eigenvalue weighted by atomic mass is 9.75. The largest absolute Gasteiger partial charge is 0.481 e. The van der Waals surface area contributed by atoms with Crippen LogP contribution in [-0.2, 0) is 4.79 Å². The van der Waals surface area contributed by atoms with Gasteiger partial charge in [-0.2, -0.15) is 0 Å². The highest BCUT2D eigenvalue weighted by Crippen LogP contribution is 2.37. The van der Waals surface area contributed by atoms with Gasteiger partial charge in [0.1, 0.15) is 0 Å². The Morgan fingerprint density at radius 1 is 1.33 bits per heavy atom. The molecule has 0 aromatic carbocycles. The smallest absolute Gasteiger partial charge is 0.307 e. The zero-order chi connectivity index (χ0) is 11.5. The summed E-state index contributed by atoms with van der Waals surface area (Å²) in [6.45, 7) is 9.32. The van der Waals surface area contributed by atoms with Gasteiger partial charge in [0.05, 0.1) is 5.92 Å². The van der Waals surface area contributed by atoms with Gasteiger partial charge in [-0.05, 0) is 24.7 Å². The summed E-state index contributed by atoms with van der Waals surface area (Å²) in [6.07, 6.45) is 3.16. The van der Waals surface area contributed by atoms with E-state index in [9.17, 15) is 4.79 Å². The van der Waals surface area contributed by atoms with Gasteiger partial charge in [0.2, 0.25) is 0 Å². The van der Waals surface area contributed by atoms with E-state index in [1.165, 1.54) is 12.8 Å². The van der Waals surface area contributed by atoms with Crippen LogP contribution in [0.1, 0.15) is 40.0 Å². The van der Waals surface area contributed by atoms with E-state index >= 15 is 0 Å². The zero-order valence-electron chi connectivity index (χ0n) is 10.1. The van der Waals surface area contributed by atoms with E-state index in [-0.39, 0.29) is 5.92 Å². The van der Waals surface area contributed by atoms with Crippen molar-refractivity contribution in [1.82, 2.24) is 4.90 Å². The van der Waals surface area contributed by atoms with E-state index in [0.29, 0.717) is 5.41 Å². The second-order valence-corrected chi connectivity index (χ2v) is 4.82. The Morgan fingerprint density at radius 2 is 1.87 bits per heavy atom. The van der Waals surface area contributed by atoms with Crippen molar-refractivity contribution in [3.05, 3.63) is 0 Å². The van der Waals surface area contributed by atoms with Crippen LogP contribution in [0.15, 0.2) is 0 Å². The maximum atomic E-state index is 10.9. The Bertz CT molecular complexity index is 216. The fourth-order valence-corrected chi connectivity index (χ4v) is 2.42. The van der Waals surface area contributed by atoms with Crippen molar-refractivity contribution >= 4 is 5.97 Å². The van der Waals surface area contributed by atoms with Gasteiger partial charge in [-0.1, -0.05) is 20.8 Å². The fraction of sp³-hybridized carbons (Fsp3) is 0.917. The molecule has 0 aromatic rings. The topological polar surface area (TPSA) is 40.5 Å². The second-order valence-electron chi connectivity index (χ2n) is 4.82. The Balaban J connectivity index is 2.36. The van der Waals surface area contributed by atoms with Crippen molar-refractivity contribution in [3.8, 4) is 0 Å². The van der Waals surface area contributed by atoms with Crippen molar-refractivity contribution < 1.29 is 9.90 Å². The van der Waals surface area contributed by atoms with Crippen LogP contribution in [0.3, 0.4) is 0 Å². The molecular weight excluding hydrogens is 190 g/mol. The first-order chi connectivity index (χ1) is 7.06. The van der Waals surface area contributed by atoms with Crippen LogP contribution in [0.4, 0.5) is 0 Å². The maximum absolute atomic E-state index is 10.9. The first-order valence-corrected chi connectivity index (χ1v) is 6.02. The highest BCUT2D eigenvalue weighted by Gasteiger charge is 2.40. The molecule has 1 aliphatic heterocycles. The van der Waals surface area contributed by atoms with E-state index in [2.05, 4.69) is 18.7 Å². The SMILES string of the molecule is CCC(CN1CC(CC)(CC)C1)C(=O)O. The predicted octanol–water partition coefficient (Wildman–Crippen LogP) is 2.22. The molecule has 3 nitrogen and oxygen atoms in total. The normalized spacial score (nSPS) is 22.1. The third-order valence-corrected chi connectivity index (χ3v) is 3.94. The number of carboxylic acids is 1. The molecule has 0 aliphatic carbocycles. The van der Waals surface area contributed by atoms with Crippen molar-refractivity contribution in [1.29, 1.82) is 0 Å². The van der Waals surface area contributed by atoms with E-state index in [0.717, 1.165) is 26.1 Å². The summed E-state index contributed by atoms with van der Waals surface area (Å²) in [5.74, 6) is -0.834. The molecule has 1 unspecified atom stereocenters. The van der Waals surface area contributed by atoms with Crippen LogP contribution in [0.25, 0.3) is 0 Å². The predicted molar refractivity (Wildman–Crippen MR) is 60.9 cm³/mol. The van der Waals surface area contributed by atoms with Crippen LogP contribution in [-0.4, -0.2) is 35.6 Å². The summed E-state index contributed by atoms with van der Waals surface area (Å²) in [6, 6.07) is 0. The molecule has 1 fully saturated rings. The van der Waals surface area contributed by atoms with Gasteiger partial charge >= 0.3 is 5.97 Å². The summed E-state index contributed by atoms with van der Waals surface area (Å²) < 4.78 is 0. The molecule has 3 heteroatoms. The molecule has 0 aromatic heterocycles. The van der Waals surface area contributed by atoms with E-state index in [4.69, 9.17) is 5.11 Å². The molecule has 0 bridgehead atoms. The number of carbonyl (C=O) groups is 1. The first-order valence-electron chi connectivity index (χ1n) is 6.02. The third-order valence-electron chi connectivity index (χ3n) is 3.94. The van der Waals surface area contributed by atoms with Crippen molar-refractivity contribution in [2.75, 3.05) is 19.6 Å². The van der Waals surface area contributed by atoms with Gasteiger partial charge in [0.25, 0.3) is 0 Å². The third kappa shape index (κ3) is 2.71. The van der Waals surface area contributed by atoms with Crippen LogP contribution in [0, 0.1) is 11.3 Å². The standard InChI is InChI=1S/C12H23NO2/c1-4-10(11(14)15)7-13-8-12(5-2,6-3)9-13/h10H,4-9H2,1-3H3,(H,14,15). The molecule has 0 saturated carbocycles. The minimum Gasteiger partial charge on any atom is -0.481 e. The first kappa shape index (κ1) is 12.5. The molecule has 1 atom stereocenters. The monoisotopic (exact) mass is 213 g/mol. The molecule has 0 amide bonds. The van der Waals surface area contributed by atoms with Crippen LogP contribution < -0.4 is 0 Å². The summed E-state index contributed by atoms with van der Waals surface area (Å²) >= 11 is 0. The molecule has 0 spiro atoms. The Labute approximate surface area is 92.5 Å². The van der Waals surface area contributed by atoms with E-state index in [1.807, 2.05) is 6.92 Å². The van der Waals surface area contributed by atoms with Gasteiger partial charge in [0.15, 0.2) is 0 Å². The maximum Gasteiger partial charge on any atom is 0.307 e. The number of carboxylic acid groups (broad SMARTS) is 1. The molecule has 1 heterocycles. The van der Waals surface area contributed by atoms with Crippen molar-refractivity contribution in [2.24, 2.45) is 11.3 Å². The minimum atomic E-state index is -0.650. The van der Waals surface area contributed by atoms with E-state index in [1.54, 1.807) is 0 Å². The number of nitrogens with zero attached hydrogens (tertiary/aromatic N) is 1. The van der Waals surface area contributed by atoms with Crippen molar-refractivity contribution in [3.63, 3.8) is 0 Å². The van der Waals surface area contributed by atoms with Gasteiger partial charge in [-0.15, -0.1) is 0 Å². The lowest BCUT2D eigenvalue weighted by Gasteiger charge is -2.50. The highest BCUT2D eigenvalue weighted by molar-refractivity contribution is 5.70. The Morgan fingerprint density at radius 3 is 2.20 bits per heavy atom. The average molecular weight is 213 g/mol. The number of rotatable bonds is 6. The van der Waals surface area contributed by atoms with Gasteiger partial charge in [-0.25, -0.2) is 0 Å². The molecule has 1 rings (SSSR count). The molecule has 15 heavy (non-hydrogen) atoms. The summed E-state index contributed by atoms with van der Waals surface area (Å²) in [7, 11) is 0. The number of likely N-dealkylation sites (tertiary alicyclic amines) is 1. The Hall–Kier alpha value is -0.570.